The lowest BCUT2D eigenvalue weighted by atomic mass is 10.1. The lowest BCUT2D eigenvalue weighted by Gasteiger charge is -2.10. The van der Waals surface area contributed by atoms with Gasteiger partial charge in [0, 0.05) is 17.9 Å². The number of nitrogens with zero attached hydrogens (tertiary/aromatic N) is 1. The standard InChI is InChI=1S/C17H18FN3/c1-12-10-15(18)3-2-13(12)7-9-21-16-4-5-17(20)14(11-16)6-8-19/h2-5,10-11,21H,6-7,9,20H2,1H3. The van der Waals surface area contributed by atoms with Crippen molar-refractivity contribution in [3.63, 3.8) is 0 Å². The molecule has 108 valence electrons. The van der Waals surface area contributed by atoms with Gasteiger partial charge in [-0.05, 0) is 60.4 Å². The maximum Gasteiger partial charge on any atom is 0.123 e. The third-order valence-electron chi connectivity index (χ3n) is 3.44. The molecule has 0 saturated carbocycles. The Morgan fingerprint density at radius 2 is 2.00 bits per heavy atom. The van der Waals surface area contributed by atoms with Crippen LogP contribution in [0.1, 0.15) is 16.7 Å². The molecule has 4 heteroatoms. The molecule has 0 fully saturated rings. The molecule has 0 aliphatic carbocycles. The van der Waals surface area contributed by atoms with Gasteiger partial charge in [0.2, 0.25) is 0 Å². The summed E-state index contributed by atoms with van der Waals surface area (Å²) < 4.78 is 13.0. The highest BCUT2D eigenvalue weighted by Gasteiger charge is 2.02. The van der Waals surface area contributed by atoms with Crippen LogP contribution in [0.4, 0.5) is 15.8 Å². The first kappa shape index (κ1) is 14.9. The molecule has 0 aliphatic rings. The summed E-state index contributed by atoms with van der Waals surface area (Å²) in [7, 11) is 0. The number of aryl methyl sites for hydroxylation is 1. The van der Waals surface area contributed by atoms with E-state index in [0.29, 0.717) is 12.1 Å². The fraction of sp³-hybridized carbons (Fsp3) is 0.235. The third-order valence-corrected chi connectivity index (χ3v) is 3.44. The zero-order chi connectivity index (χ0) is 15.2. The Morgan fingerprint density at radius 1 is 1.19 bits per heavy atom. The molecular weight excluding hydrogens is 265 g/mol. The van der Waals surface area contributed by atoms with Gasteiger partial charge < -0.3 is 11.1 Å². The van der Waals surface area contributed by atoms with Gasteiger partial charge in [-0.1, -0.05) is 6.07 Å². The van der Waals surface area contributed by atoms with Crippen LogP contribution in [0.3, 0.4) is 0 Å². The van der Waals surface area contributed by atoms with Gasteiger partial charge in [-0.3, -0.25) is 0 Å². The summed E-state index contributed by atoms with van der Waals surface area (Å²) in [4.78, 5) is 0. The van der Waals surface area contributed by atoms with E-state index in [-0.39, 0.29) is 5.82 Å². The van der Waals surface area contributed by atoms with Crippen LogP contribution in [0.25, 0.3) is 0 Å². The van der Waals surface area contributed by atoms with Crippen LogP contribution in [0, 0.1) is 24.1 Å². The number of rotatable bonds is 5. The average Bonchev–Trinajstić information content (AvgIpc) is 2.45. The molecule has 0 radical (unpaired) electrons. The predicted molar refractivity (Wildman–Crippen MR) is 83.5 cm³/mol. The number of anilines is 2. The van der Waals surface area contributed by atoms with Crippen molar-refractivity contribution >= 4 is 11.4 Å². The predicted octanol–water partition coefficient (Wildman–Crippen LogP) is 3.44. The average molecular weight is 283 g/mol. The van der Waals surface area contributed by atoms with Gasteiger partial charge in [0.1, 0.15) is 5.82 Å². The molecule has 0 amide bonds. The van der Waals surface area contributed by atoms with E-state index in [0.717, 1.165) is 35.3 Å². The molecular formula is C17H18FN3. The highest BCUT2D eigenvalue weighted by atomic mass is 19.1. The number of nitrogens with one attached hydrogen (secondary N) is 1. The van der Waals surface area contributed by atoms with E-state index in [2.05, 4.69) is 11.4 Å². The molecule has 0 spiro atoms. The number of halogens is 1. The van der Waals surface area contributed by atoms with Gasteiger partial charge in [0.25, 0.3) is 0 Å². The van der Waals surface area contributed by atoms with Gasteiger partial charge in [-0.2, -0.15) is 5.26 Å². The fourth-order valence-corrected chi connectivity index (χ4v) is 2.24. The number of hydrogen-bond donors (Lipinski definition) is 2. The Morgan fingerprint density at radius 3 is 2.71 bits per heavy atom. The number of nitrogen functional groups attached to an aromatic ring is 1. The largest absolute Gasteiger partial charge is 0.398 e. The first-order valence-electron chi connectivity index (χ1n) is 6.84. The second-order valence-electron chi connectivity index (χ2n) is 5.00. The van der Waals surface area contributed by atoms with Gasteiger partial charge in [0.15, 0.2) is 0 Å². The van der Waals surface area contributed by atoms with Crippen LogP contribution in [-0.4, -0.2) is 6.54 Å². The maximum atomic E-state index is 13.0. The zero-order valence-electron chi connectivity index (χ0n) is 12.0. The van der Waals surface area contributed by atoms with E-state index < -0.39 is 0 Å². The number of nitrogens with two attached hydrogens (primary N) is 1. The highest BCUT2D eigenvalue weighted by molar-refractivity contribution is 5.58. The third kappa shape index (κ3) is 3.96. The van der Waals surface area contributed by atoms with E-state index in [9.17, 15) is 4.39 Å². The normalized spacial score (nSPS) is 10.1. The lowest BCUT2D eigenvalue weighted by molar-refractivity contribution is 0.625. The Balaban J connectivity index is 1.97. The van der Waals surface area contributed by atoms with Gasteiger partial charge >= 0.3 is 0 Å². The van der Waals surface area contributed by atoms with Crippen molar-refractivity contribution in [3.05, 3.63) is 58.9 Å². The van der Waals surface area contributed by atoms with Crippen LogP contribution in [-0.2, 0) is 12.8 Å². The molecule has 2 aromatic rings. The first-order chi connectivity index (χ1) is 10.1. The summed E-state index contributed by atoms with van der Waals surface area (Å²) in [5.74, 6) is -0.205. The molecule has 0 aliphatic heterocycles. The Hall–Kier alpha value is -2.54. The van der Waals surface area contributed by atoms with Crippen LogP contribution in [0.2, 0.25) is 0 Å². The van der Waals surface area contributed by atoms with Crippen molar-refractivity contribution < 1.29 is 4.39 Å². The second-order valence-corrected chi connectivity index (χ2v) is 5.00. The van der Waals surface area contributed by atoms with E-state index in [4.69, 9.17) is 11.0 Å². The lowest BCUT2D eigenvalue weighted by Crippen LogP contribution is -2.07. The Labute approximate surface area is 124 Å². The molecule has 0 heterocycles. The fourth-order valence-electron chi connectivity index (χ4n) is 2.24. The quantitative estimate of drug-likeness (QED) is 0.826. The van der Waals surface area contributed by atoms with Crippen LogP contribution in [0.15, 0.2) is 36.4 Å². The maximum absolute atomic E-state index is 13.0. The van der Waals surface area contributed by atoms with Crippen molar-refractivity contribution in [1.29, 1.82) is 5.26 Å². The van der Waals surface area contributed by atoms with Crippen LogP contribution in [0.5, 0.6) is 0 Å². The number of nitriles is 1. The molecule has 2 aromatic carbocycles. The highest BCUT2D eigenvalue weighted by Crippen LogP contribution is 2.18. The van der Waals surface area contributed by atoms with E-state index in [1.54, 1.807) is 12.1 Å². The second kappa shape index (κ2) is 6.76. The first-order valence-corrected chi connectivity index (χ1v) is 6.84. The summed E-state index contributed by atoms with van der Waals surface area (Å²) in [6.07, 6.45) is 1.11. The summed E-state index contributed by atoms with van der Waals surface area (Å²) in [6.45, 7) is 2.65. The smallest absolute Gasteiger partial charge is 0.123 e. The summed E-state index contributed by atoms with van der Waals surface area (Å²) in [5.41, 5.74) is 10.3. The molecule has 0 saturated heterocycles. The Bertz CT molecular complexity index is 674. The van der Waals surface area contributed by atoms with Crippen LogP contribution >= 0.6 is 0 Å². The van der Waals surface area contributed by atoms with Gasteiger partial charge in [-0.25, -0.2) is 4.39 Å². The Kier molecular flexibility index (Phi) is 4.78. The molecule has 0 atom stereocenters. The SMILES string of the molecule is Cc1cc(F)ccc1CCNc1ccc(N)c(CC#N)c1. The molecule has 0 aromatic heterocycles. The van der Waals surface area contributed by atoms with Crippen molar-refractivity contribution in [3.8, 4) is 6.07 Å². The summed E-state index contributed by atoms with van der Waals surface area (Å²) in [6, 6.07) is 12.5. The zero-order valence-corrected chi connectivity index (χ0v) is 12.0. The van der Waals surface area contributed by atoms with Crippen molar-refractivity contribution in [2.45, 2.75) is 19.8 Å². The van der Waals surface area contributed by atoms with Crippen molar-refractivity contribution in [2.75, 3.05) is 17.6 Å². The van der Waals surface area contributed by atoms with Gasteiger partial charge in [-0.15, -0.1) is 0 Å². The minimum atomic E-state index is -0.205. The minimum Gasteiger partial charge on any atom is -0.398 e. The topological polar surface area (TPSA) is 61.8 Å². The monoisotopic (exact) mass is 283 g/mol. The van der Waals surface area contributed by atoms with Crippen molar-refractivity contribution in [1.82, 2.24) is 0 Å². The van der Waals surface area contributed by atoms with E-state index in [1.807, 2.05) is 25.1 Å². The molecule has 0 unspecified atom stereocenters. The number of benzene rings is 2. The van der Waals surface area contributed by atoms with E-state index in [1.165, 1.54) is 6.07 Å². The summed E-state index contributed by atoms with van der Waals surface area (Å²) >= 11 is 0. The van der Waals surface area contributed by atoms with Gasteiger partial charge in [0.05, 0.1) is 12.5 Å². The number of hydrogen-bond acceptors (Lipinski definition) is 3. The molecule has 21 heavy (non-hydrogen) atoms. The van der Waals surface area contributed by atoms with E-state index >= 15 is 0 Å². The minimum absolute atomic E-state index is 0.205. The van der Waals surface area contributed by atoms with Crippen molar-refractivity contribution in [2.24, 2.45) is 0 Å². The summed E-state index contributed by atoms with van der Waals surface area (Å²) in [5, 5.41) is 12.1. The van der Waals surface area contributed by atoms with Crippen LogP contribution < -0.4 is 11.1 Å². The molecule has 2 rings (SSSR count). The molecule has 3 nitrogen and oxygen atoms in total. The molecule has 0 bridgehead atoms. The molecule has 3 N–H and O–H groups in total.